The van der Waals surface area contributed by atoms with Crippen molar-refractivity contribution in [3.8, 4) is 0 Å². The van der Waals surface area contributed by atoms with Crippen molar-refractivity contribution in [3.63, 3.8) is 0 Å². The summed E-state index contributed by atoms with van der Waals surface area (Å²) >= 11 is 0. The van der Waals surface area contributed by atoms with E-state index in [0.29, 0.717) is 18.3 Å². The van der Waals surface area contributed by atoms with Gasteiger partial charge in [-0.05, 0) is 55.8 Å². The van der Waals surface area contributed by atoms with Gasteiger partial charge in [0, 0.05) is 18.4 Å². The molecule has 0 N–H and O–H groups in total. The number of ketones is 1. The van der Waals surface area contributed by atoms with Crippen molar-refractivity contribution in [2.24, 2.45) is 35.5 Å². The van der Waals surface area contributed by atoms with E-state index >= 15 is 0 Å². The topological polar surface area (TPSA) is 26.3 Å². The Bertz CT molecular complexity index is 303. The molecule has 4 fully saturated rings. The molecule has 0 aromatic carbocycles. The van der Waals surface area contributed by atoms with Crippen molar-refractivity contribution >= 4 is 5.78 Å². The second kappa shape index (κ2) is 3.32. The lowest BCUT2D eigenvalue weighted by atomic mass is 9.89. The molecule has 4 aliphatic rings. The molecule has 1 heterocycles. The van der Waals surface area contributed by atoms with Crippen LogP contribution in [0.5, 0.6) is 0 Å². The van der Waals surface area contributed by atoms with Crippen molar-refractivity contribution in [1.29, 1.82) is 0 Å². The zero-order valence-electron chi connectivity index (χ0n) is 9.73. The molecule has 0 radical (unpaired) electrons. The Morgan fingerprint density at radius 3 is 2.44 bits per heavy atom. The Balaban J connectivity index is 1.46. The third kappa shape index (κ3) is 1.20. The minimum Gasteiger partial charge on any atom is -0.381 e. The lowest BCUT2D eigenvalue weighted by Gasteiger charge is -2.22. The first-order chi connectivity index (χ1) is 7.86. The Kier molecular flexibility index (Phi) is 2.00. The van der Waals surface area contributed by atoms with Gasteiger partial charge in [0.15, 0.2) is 0 Å². The average Bonchev–Trinajstić information content (AvgIpc) is 2.77. The predicted molar refractivity (Wildman–Crippen MR) is 59.9 cm³/mol. The van der Waals surface area contributed by atoms with Crippen LogP contribution in [0.4, 0.5) is 0 Å². The summed E-state index contributed by atoms with van der Waals surface area (Å²) in [5.74, 6) is 4.77. The third-order valence-corrected chi connectivity index (χ3v) is 5.63. The summed E-state index contributed by atoms with van der Waals surface area (Å²) in [6.45, 7) is 1.58. The van der Waals surface area contributed by atoms with Gasteiger partial charge in [0.1, 0.15) is 5.78 Å². The van der Waals surface area contributed by atoms with E-state index in [4.69, 9.17) is 4.74 Å². The van der Waals surface area contributed by atoms with E-state index in [2.05, 4.69) is 0 Å². The fourth-order valence-corrected chi connectivity index (χ4v) is 4.94. The summed E-state index contributed by atoms with van der Waals surface area (Å²) in [5.41, 5.74) is 0. The standard InChI is InChI=1S/C14H20O2/c15-14(10-2-1-5-16-7-10)13-11-8-3-4-9(6-8)12(11)13/h8-13H,1-7H2. The van der Waals surface area contributed by atoms with Crippen LogP contribution in [0.1, 0.15) is 32.1 Å². The molecular formula is C14H20O2. The largest absolute Gasteiger partial charge is 0.381 e. The lowest BCUT2D eigenvalue weighted by Crippen LogP contribution is -2.28. The molecule has 1 saturated heterocycles. The number of carbonyl (C=O) groups excluding carboxylic acids is 1. The smallest absolute Gasteiger partial charge is 0.141 e. The quantitative estimate of drug-likeness (QED) is 0.713. The second-order valence-electron chi connectivity index (χ2n) is 6.33. The molecule has 16 heavy (non-hydrogen) atoms. The molecule has 4 rings (SSSR count). The zero-order valence-corrected chi connectivity index (χ0v) is 9.73. The Labute approximate surface area is 96.7 Å². The normalized spacial score (nSPS) is 53.8. The molecule has 0 aromatic heterocycles. The molecule has 2 nitrogen and oxygen atoms in total. The van der Waals surface area contributed by atoms with Crippen LogP contribution in [0.15, 0.2) is 0 Å². The summed E-state index contributed by atoms with van der Waals surface area (Å²) in [6.07, 6.45) is 6.45. The highest BCUT2D eigenvalue weighted by Crippen LogP contribution is 2.70. The van der Waals surface area contributed by atoms with Crippen LogP contribution in [0.2, 0.25) is 0 Å². The third-order valence-electron chi connectivity index (χ3n) is 5.63. The van der Waals surface area contributed by atoms with Crippen LogP contribution in [0.3, 0.4) is 0 Å². The number of fused-ring (bicyclic) bond motifs is 5. The van der Waals surface area contributed by atoms with Gasteiger partial charge in [-0.25, -0.2) is 0 Å². The maximum Gasteiger partial charge on any atom is 0.141 e. The van der Waals surface area contributed by atoms with Crippen molar-refractivity contribution in [3.05, 3.63) is 0 Å². The molecule has 5 atom stereocenters. The van der Waals surface area contributed by atoms with Crippen molar-refractivity contribution in [2.45, 2.75) is 32.1 Å². The summed E-state index contributed by atoms with van der Waals surface area (Å²) in [5, 5.41) is 0. The molecule has 88 valence electrons. The van der Waals surface area contributed by atoms with Gasteiger partial charge < -0.3 is 4.74 Å². The first-order valence-electron chi connectivity index (χ1n) is 6.97. The number of hydrogen-bond acceptors (Lipinski definition) is 2. The van der Waals surface area contributed by atoms with Gasteiger partial charge in [-0.2, -0.15) is 0 Å². The van der Waals surface area contributed by atoms with Crippen LogP contribution in [0.25, 0.3) is 0 Å². The molecule has 0 spiro atoms. The highest BCUT2D eigenvalue weighted by atomic mass is 16.5. The van der Waals surface area contributed by atoms with Crippen LogP contribution in [0, 0.1) is 35.5 Å². The molecule has 1 aliphatic heterocycles. The summed E-state index contributed by atoms with van der Waals surface area (Å²) in [4.78, 5) is 12.4. The van der Waals surface area contributed by atoms with E-state index in [1.54, 1.807) is 0 Å². The lowest BCUT2D eigenvalue weighted by molar-refractivity contribution is -0.129. The number of carbonyl (C=O) groups is 1. The van der Waals surface area contributed by atoms with Gasteiger partial charge in [-0.15, -0.1) is 0 Å². The minimum atomic E-state index is 0.253. The molecular weight excluding hydrogens is 200 g/mol. The second-order valence-corrected chi connectivity index (χ2v) is 6.33. The monoisotopic (exact) mass is 220 g/mol. The number of Topliss-reactive ketones (excluding diaryl/α,β-unsaturated/α-hetero) is 1. The summed E-state index contributed by atoms with van der Waals surface area (Å²) in [7, 11) is 0. The SMILES string of the molecule is O=C(C1CCCOC1)C1C2C3CCC(C3)C12. The molecule has 5 unspecified atom stereocenters. The van der Waals surface area contributed by atoms with Crippen molar-refractivity contribution in [2.75, 3.05) is 13.2 Å². The molecule has 2 bridgehead atoms. The van der Waals surface area contributed by atoms with Crippen LogP contribution in [-0.2, 0) is 9.53 Å². The molecule has 2 heteroatoms. The molecule has 0 amide bonds. The molecule has 3 aliphatic carbocycles. The van der Waals surface area contributed by atoms with Crippen LogP contribution < -0.4 is 0 Å². The Morgan fingerprint density at radius 2 is 1.81 bits per heavy atom. The highest BCUT2D eigenvalue weighted by molar-refractivity contribution is 5.87. The van der Waals surface area contributed by atoms with Gasteiger partial charge in [0.25, 0.3) is 0 Å². The molecule has 0 aromatic rings. The van der Waals surface area contributed by atoms with Gasteiger partial charge >= 0.3 is 0 Å². The van der Waals surface area contributed by atoms with Crippen LogP contribution in [-0.4, -0.2) is 19.0 Å². The van der Waals surface area contributed by atoms with Gasteiger partial charge in [0.05, 0.1) is 6.61 Å². The first kappa shape index (κ1) is 9.64. The van der Waals surface area contributed by atoms with E-state index < -0.39 is 0 Å². The average molecular weight is 220 g/mol. The maximum atomic E-state index is 12.4. The maximum absolute atomic E-state index is 12.4. The van der Waals surface area contributed by atoms with E-state index in [0.717, 1.165) is 43.1 Å². The van der Waals surface area contributed by atoms with Crippen molar-refractivity contribution < 1.29 is 9.53 Å². The van der Waals surface area contributed by atoms with E-state index in [9.17, 15) is 4.79 Å². The number of rotatable bonds is 2. The van der Waals surface area contributed by atoms with Gasteiger partial charge in [-0.1, -0.05) is 0 Å². The predicted octanol–water partition coefficient (Wildman–Crippen LogP) is 2.27. The minimum absolute atomic E-state index is 0.253. The van der Waals surface area contributed by atoms with E-state index in [1.807, 2.05) is 0 Å². The number of ether oxygens (including phenoxy) is 1. The Hall–Kier alpha value is -0.370. The highest BCUT2D eigenvalue weighted by Gasteiger charge is 2.67. The fraction of sp³-hybridized carbons (Fsp3) is 0.929. The Morgan fingerprint density at radius 1 is 1.06 bits per heavy atom. The van der Waals surface area contributed by atoms with Crippen molar-refractivity contribution in [1.82, 2.24) is 0 Å². The zero-order chi connectivity index (χ0) is 10.7. The fourth-order valence-electron chi connectivity index (χ4n) is 4.94. The summed E-state index contributed by atoms with van der Waals surface area (Å²) < 4.78 is 5.45. The first-order valence-corrected chi connectivity index (χ1v) is 6.97. The van der Waals surface area contributed by atoms with E-state index in [1.165, 1.54) is 19.3 Å². The van der Waals surface area contributed by atoms with Gasteiger partial charge in [0.2, 0.25) is 0 Å². The number of hydrogen-bond donors (Lipinski definition) is 0. The van der Waals surface area contributed by atoms with Crippen LogP contribution >= 0.6 is 0 Å². The van der Waals surface area contributed by atoms with E-state index in [-0.39, 0.29) is 5.92 Å². The molecule has 3 saturated carbocycles. The summed E-state index contributed by atoms with van der Waals surface area (Å²) in [6, 6.07) is 0. The van der Waals surface area contributed by atoms with Gasteiger partial charge in [-0.3, -0.25) is 4.79 Å².